The molecule has 0 aromatic rings. The molecule has 0 spiro atoms. The van der Waals surface area contributed by atoms with E-state index in [2.05, 4.69) is 67.5 Å². The summed E-state index contributed by atoms with van der Waals surface area (Å²) >= 11 is 0. The molecule has 0 heterocycles. The minimum Gasteiger partial charge on any atom is -0.0853 e. The Labute approximate surface area is 208 Å². The van der Waals surface area contributed by atoms with Gasteiger partial charge < -0.3 is 0 Å². The number of rotatable bonds is 0. The van der Waals surface area contributed by atoms with Gasteiger partial charge in [-0.2, -0.15) is 0 Å². The fraction of sp³-hybridized carbons (Fsp3) is 0.875. The SMILES string of the molecule is CC1=CCC(C)CC1.CC1=CCC(C)CC1.CC1CCC(C)CC1.CC1CCC(C)CC1.[HH].[HH].[HH]. The van der Waals surface area contributed by atoms with Gasteiger partial charge in [-0.25, -0.2) is 0 Å². The maximum Gasteiger partial charge on any atom is 0 e. The van der Waals surface area contributed by atoms with Crippen LogP contribution in [0.15, 0.2) is 23.3 Å². The summed E-state index contributed by atoms with van der Waals surface area (Å²) in [5, 5.41) is 0. The van der Waals surface area contributed by atoms with E-state index in [1.165, 1.54) is 89.9 Å². The molecule has 0 aliphatic heterocycles. The van der Waals surface area contributed by atoms with Crippen molar-refractivity contribution in [3.63, 3.8) is 0 Å². The first kappa shape index (κ1) is 29.5. The summed E-state index contributed by atoms with van der Waals surface area (Å²) in [6.07, 6.45) is 24.6. The number of hydrogen-bond acceptors (Lipinski definition) is 0. The number of hydrogen-bond donors (Lipinski definition) is 0. The Morgan fingerprint density at radius 1 is 0.438 bits per heavy atom. The van der Waals surface area contributed by atoms with Crippen molar-refractivity contribution in [2.24, 2.45) is 35.5 Å². The molecule has 2 unspecified atom stereocenters. The molecular weight excluding hydrogens is 384 g/mol. The van der Waals surface area contributed by atoms with Crippen molar-refractivity contribution in [2.45, 2.75) is 145 Å². The fourth-order valence-corrected chi connectivity index (χ4v) is 5.05. The summed E-state index contributed by atoms with van der Waals surface area (Å²) < 4.78 is 0. The first-order chi connectivity index (χ1) is 15.2. The van der Waals surface area contributed by atoms with E-state index < -0.39 is 0 Å². The zero-order valence-corrected chi connectivity index (χ0v) is 23.5. The van der Waals surface area contributed by atoms with Gasteiger partial charge in [0.25, 0.3) is 0 Å². The van der Waals surface area contributed by atoms with Gasteiger partial charge in [-0.1, -0.05) is 116 Å². The van der Waals surface area contributed by atoms with Crippen LogP contribution in [0.3, 0.4) is 0 Å². The Hall–Kier alpha value is -0.520. The molecule has 0 nitrogen and oxygen atoms in total. The minimum atomic E-state index is 0. The predicted octanol–water partition coefficient (Wildman–Crippen LogP) is 11.9. The molecule has 4 rings (SSSR count). The lowest BCUT2D eigenvalue weighted by molar-refractivity contribution is 0.308. The van der Waals surface area contributed by atoms with E-state index in [1.54, 1.807) is 11.1 Å². The number of allylic oxidation sites excluding steroid dienone is 4. The third-order valence-electron chi connectivity index (χ3n) is 8.41. The summed E-state index contributed by atoms with van der Waals surface area (Å²) in [4.78, 5) is 0. The second kappa shape index (κ2) is 17.0. The van der Waals surface area contributed by atoms with Crippen LogP contribution >= 0.6 is 0 Å². The molecule has 0 saturated heterocycles. The molecule has 0 radical (unpaired) electrons. The summed E-state index contributed by atoms with van der Waals surface area (Å²) in [5.41, 5.74) is 3.17. The maximum absolute atomic E-state index is 2.37. The Balaban J connectivity index is -0.000000379. The lowest BCUT2D eigenvalue weighted by Gasteiger charge is -2.22. The third-order valence-corrected chi connectivity index (χ3v) is 8.41. The van der Waals surface area contributed by atoms with Crippen molar-refractivity contribution in [1.29, 1.82) is 0 Å². The fourth-order valence-electron chi connectivity index (χ4n) is 5.05. The average Bonchev–Trinajstić information content (AvgIpc) is 2.78. The minimum absolute atomic E-state index is 0. The molecule has 0 bridgehead atoms. The molecule has 0 aromatic heterocycles. The zero-order valence-electron chi connectivity index (χ0n) is 23.5. The highest BCUT2D eigenvalue weighted by molar-refractivity contribution is 5.02. The Morgan fingerprint density at radius 3 is 0.844 bits per heavy atom. The van der Waals surface area contributed by atoms with Gasteiger partial charge in [0, 0.05) is 4.28 Å². The van der Waals surface area contributed by atoms with E-state index in [0.29, 0.717) is 0 Å². The van der Waals surface area contributed by atoms with Crippen LogP contribution in [-0.2, 0) is 0 Å². The summed E-state index contributed by atoms with van der Waals surface area (Å²) in [6.45, 7) is 18.6. The summed E-state index contributed by atoms with van der Waals surface area (Å²) in [7, 11) is 0. The highest BCUT2D eigenvalue weighted by atomic mass is 14.2. The van der Waals surface area contributed by atoms with Crippen LogP contribution in [0.2, 0.25) is 0 Å². The topological polar surface area (TPSA) is 0 Å². The maximum atomic E-state index is 2.37. The Kier molecular flexibility index (Phi) is 15.7. The van der Waals surface area contributed by atoms with E-state index >= 15 is 0 Å². The molecule has 0 aromatic carbocycles. The molecule has 4 aliphatic carbocycles. The van der Waals surface area contributed by atoms with E-state index in [9.17, 15) is 0 Å². The highest BCUT2D eigenvalue weighted by Gasteiger charge is 2.14. The van der Waals surface area contributed by atoms with E-state index in [-0.39, 0.29) is 4.28 Å². The van der Waals surface area contributed by atoms with Gasteiger partial charge >= 0.3 is 0 Å². The van der Waals surface area contributed by atoms with E-state index in [1.807, 2.05) is 0 Å². The van der Waals surface area contributed by atoms with Gasteiger partial charge in [-0.3, -0.25) is 0 Å². The summed E-state index contributed by atoms with van der Waals surface area (Å²) in [5.74, 6) is 5.96. The van der Waals surface area contributed by atoms with Crippen molar-refractivity contribution < 1.29 is 4.28 Å². The largest absolute Gasteiger partial charge is 0.0853 e. The van der Waals surface area contributed by atoms with Gasteiger partial charge in [-0.05, 0) is 87.9 Å². The lowest BCUT2D eigenvalue weighted by Crippen LogP contribution is -2.08. The van der Waals surface area contributed by atoms with Gasteiger partial charge in [0.2, 0.25) is 0 Å². The molecule has 32 heavy (non-hydrogen) atoms. The molecule has 2 fully saturated rings. The first-order valence-corrected chi connectivity index (χ1v) is 14.5. The smallest absolute Gasteiger partial charge is 0 e. The van der Waals surface area contributed by atoms with Gasteiger partial charge in [0.1, 0.15) is 0 Å². The Bertz CT molecular complexity index is 455. The quantitative estimate of drug-likeness (QED) is 0.322. The Morgan fingerprint density at radius 2 is 0.688 bits per heavy atom. The molecular formula is C32H66. The summed E-state index contributed by atoms with van der Waals surface area (Å²) in [6, 6.07) is 0. The van der Waals surface area contributed by atoms with Gasteiger partial charge in [0.15, 0.2) is 0 Å². The second-order valence-corrected chi connectivity index (χ2v) is 12.6. The molecule has 4 aliphatic rings. The van der Waals surface area contributed by atoms with Crippen LogP contribution in [0.1, 0.15) is 150 Å². The van der Waals surface area contributed by atoms with Gasteiger partial charge in [-0.15, -0.1) is 0 Å². The van der Waals surface area contributed by atoms with Crippen molar-refractivity contribution in [1.82, 2.24) is 0 Å². The monoisotopic (exact) mass is 451 g/mol. The normalized spacial score (nSPS) is 34.8. The molecule has 2 atom stereocenters. The molecule has 2 saturated carbocycles. The molecule has 0 amide bonds. The zero-order chi connectivity index (χ0) is 23.9. The third kappa shape index (κ3) is 15.3. The van der Waals surface area contributed by atoms with Gasteiger partial charge in [0.05, 0.1) is 0 Å². The average molecular weight is 451 g/mol. The molecule has 0 heteroatoms. The lowest BCUT2D eigenvalue weighted by atomic mass is 9.84. The first-order valence-electron chi connectivity index (χ1n) is 14.5. The van der Waals surface area contributed by atoms with Crippen LogP contribution in [-0.4, -0.2) is 0 Å². The van der Waals surface area contributed by atoms with E-state index in [4.69, 9.17) is 0 Å². The van der Waals surface area contributed by atoms with Crippen LogP contribution in [0.5, 0.6) is 0 Å². The van der Waals surface area contributed by atoms with Crippen molar-refractivity contribution in [2.75, 3.05) is 0 Å². The van der Waals surface area contributed by atoms with E-state index in [0.717, 1.165) is 35.5 Å². The van der Waals surface area contributed by atoms with Crippen molar-refractivity contribution in [3.05, 3.63) is 23.3 Å². The van der Waals surface area contributed by atoms with Crippen LogP contribution < -0.4 is 0 Å². The van der Waals surface area contributed by atoms with Crippen LogP contribution in [0.25, 0.3) is 0 Å². The molecule has 0 N–H and O–H groups in total. The van der Waals surface area contributed by atoms with Crippen molar-refractivity contribution in [3.8, 4) is 0 Å². The molecule has 194 valence electrons. The second-order valence-electron chi connectivity index (χ2n) is 12.6. The standard InChI is InChI=1S/2C8H16.2C8H14.3H2/c4*1-7-3-5-8(2)6-4-7;;;/h2*7-8H,3-6H2,1-2H3;2*3,8H,4-6H2,1-2H3;3*1H. The predicted molar refractivity (Wildman–Crippen MR) is 153 cm³/mol. The van der Waals surface area contributed by atoms with Crippen molar-refractivity contribution >= 4 is 0 Å². The van der Waals surface area contributed by atoms with Crippen LogP contribution in [0.4, 0.5) is 0 Å². The highest BCUT2D eigenvalue weighted by Crippen LogP contribution is 2.28. The van der Waals surface area contributed by atoms with Crippen LogP contribution in [0, 0.1) is 35.5 Å².